The van der Waals surface area contributed by atoms with Gasteiger partial charge in [0.25, 0.3) is 0 Å². The van der Waals surface area contributed by atoms with E-state index < -0.39 is 12.1 Å². The van der Waals surface area contributed by atoms with E-state index in [0.717, 1.165) is 38.5 Å². The van der Waals surface area contributed by atoms with E-state index in [-0.39, 0.29) is 12.5 Å². The number of amides is 1. The van der Waals surface area contributed by atoms with Gasteiger partial charge in [0.05, 0.1) is 18.8 Å². The summed E-state index contributed by atoms with van der Waals surface area (Å²) < 4.78 is 0. The summed E-state index contributed by atoms with van der Waals surface area (Å²) in [5, 5.41) is 23.0. The van der Waals surface area contributed by atoms with E-state index in [1.54, 1.807) is 6.08 Å². The fourth-order valence-corrected chi connectivity index (χ4v) is 7.66. The number of unbranched alkanes of at least 4 members (excludes halogenated alkanes) is 33. The number of aliphatic hydroxyl groups is 2. The van der Waals surface area contributed by atoms with Gasteiger partial charge >= 0.3 is 0 Å². The van der Waals surface area contributed by atoms with Crippen LogP contribution in [0.1, 0.15) is 264 Å². The van der Waals surface area contributed by atoms with Gasteiger partial charge in [0, 0.05) is 6.42 Å². The predicted molar refractivity (Wildman–Crippen MR) is 253 cm³/mol. The Hall–Kier alpha value is -1.65. The van der Waals surface area contributed by atoms with Gasteiger partial charge < -0.3 is 15.5 Å². The SMILES string of the molecule is CCCCCCC/C=C\C/C=C\C/C=C\CCCCCCCCCCCCCCCCCCCCC(=O)NC(CO)C(O)/C=C/CCCCCCCCCCCC. The van der Waals surface area contributed by atoms with Crippen LogP contribution < -0.4 is 5.32 Å². The van der Waals surface area contributed by atoms with E-state index in [9.17, 15) is 15.0 Å². The summed E-state index contributed by atoms with van der Waals surface area (Å²) in [6.45, 7) is 4.30. The van der Waals surface area contributed by atoms with Crippen LogP contribution in [0.15, 0.2) is 48.6 Å². The molecule has 0 rings (SSSR count). The van der Waals surface area contributed by atoms with Crippen molar-refractivity contribution in [1.82, 2.24) is 5.32 Å². The van der Waals surface area contributed by atoms with E-state index in [0.29, 0.717) is 6.42 Å². The molecule has 0 bridgehead atoms. The summed E-state index contributed by atoms with van der Waals surface area (Å²) in [5.74, 6) is -0.0631. The fraction of sp³-hybridized carbons (Fsp3) is 0.830. The Balaban J connectivity index is 3.45. The Kier molecular flexibility index (Phi) is 47.3. The average molecular weight is 798 g/mol. The van der Waals surface area contributed by atoms with Crippen LogP contribution in [0.3, 0.4) is 0 Å². The Morgan fingerprint density at radius 3 is 1.07 bits per heavy atom. The molecule has 0 aromatic carbocycles. The molecule has 57 heavy (non-hydrogen) atoms. The lowest BCUT2D eigenvalue weighted by molar-refractivity contribution is -0.123. The van der Waals surface area contributed by atoms with E-state index in [2.05, 4.69) is 55.6 Å². The van der Waals surface area contributed by atoms with Crippen LogP contribution in [0, 0.1) is 0 Å². The predicted octanol–water partition coefficient (Wildman–Crippen LogP) is 16.3. The number of aliphatic hydroxyl groups excluding tert-OH is 2. The maximum atomic E-state index is 12.4. The summed E-state index contributed by atoms with van der Waals surface area (Å²) in [6, 6.07) is -0.620. The van der Waals surface area contributed by atoms with Crippen LogP contribution in [-0.4, -0.2) is 34.9 Å². The standard InChI is InChI=1S/C53H99NO3/c1-3-5-7-9-11-13-15-17-18-19-20-21-22-23-24-25-26-27-28-29-30-31-32-33-34-35-36-37-39-41-43-45-47-49-53(57)54-51(50-55)52(56)48-46-44-42-40-38-16-14-12-10-8-6-4-2/h15,17,19-20,22-23,46,48,51-52,55-56H,3-14,16,18,21,24-45,47,49-50H2,1-2H3,(H,54,57)/b17-15-,20-19-,23-22-,48-46+. The number of hydrogen-bond donors (Lipinski definition) is 3. The molecular formula is C53H99NO3. The minimum absolute atomic E-state index is 0.0631. The monoisotopic (exact) mass is 798 g/mol. The van der Waals surface area contributed by atoms with E-state index in [1.807, 2.05) is 6.08 Å². The molecule has 1 amide bonds. The summed E-state index contributed by atoms with van der Waals surface area (Å²) in [4.78, 5) is 12.4. The first-order valence-electron chi connectivity index (χ1n) is 25.4. The number of carbonyl (C=O) groups excluding carboxylic acids is 1. The third-order valence-corrected chi connectivity index (χ3v) is 11.6. The molecule has 334 valence electrons. The summed E-state index contributed by atoms with van der Waals surface area (Å²) >= 11 is 0. The van der Waals surface area contributed by atoms with Crippen LogP contribution in [0.4, 0.5) is 0 Å². The number of hydrogen-bond acceptors (Lipinski definition) is 3. The van der Waals surface area contributed by atoms with Crippen molar-refractivity contribution in [3.05, 3.63) is 48.6 Å². The van der Waals surface area contributed by atoms with Crippen LogP contribution in [0.5, 0.6) is 0 Å². The second-order valence-electron chi connectivity index (χ2n) is 17.2. The number of allylic oxidation sites excluding steroid dienone is 7. The van der Waals surface area contributed by atoms with Crippen molar-refractivity contribution in [3.63, 3.8) is 0 Å². The molecule has 3 N–H and O–H groups in total. The van der Waals surface area contributed by atoms with Crippen molar-refractivity contribution in [1.29, 1.82) is 0 Å². The molecule has 0 aliphatic carbocycles. The van der Waals surface area contributed by atoms with E-state index >= 15 is 0 Å². The molecule has 4 heteroatoms. The van der Waals surface area contributed by atoms with Gasteiger partial charge in [0.1, 0.15) is 0 Å². The van der Waals surface area contributed by atoms with Gasteiger partial charge in [-0.25, -0.2) is 0 Å². The zero-order valence-electron chi connectivity index (χ0n) is 38.4. The lowest BCUT2D eigenvalue weighted by Gasteiger charge is -2.20. The Bertz CT molecular complexity index is 908. The highest BCUT2D eigenvalue weighted by Gasteiger charge is 2.18. The average Bonchev–Trinajstić information content (AvgIpc) is 3.22. The van der Waals surface area contributed by atoms with Gasteiger partial charge in [-0.3, -0.25) is 4.79 Å². The molecule has 0 radical (unpaired) electrons. The molecule has 0 heterocycles. The smallest absolute Gasteiger partial charge is 0.220 e. The molecule has 0 fully saturated rings. The van der Waals surface area contributed by atoms with Gasteiger partial charge in [-0.15, -0.1) is 0 Å². The number of nitrogens with one attached hydrogen (secondary N) is 1. The minimum Gasteiger partial charge on any atom is -0.394 e. The van der Waals surface area contributed by atoms with Gasteiger partial charge in [-0.05, 0) is 57.8 Å². The van der Waals surface area contributed by atoms with Gasteiger partial charge in [-0.1, -0.05) is 249 Å². The lowest BCUT2D eigenvalue weighted by Crippen LogP contribution is -2.45. The highest BCUT2D eigenvalue weighted by molar-refractivity contribution is 5.76. The maximum absolute atomic E-state index is 12.4. The van der Waals surface area contributed by atoms with Crippen molar-refractivity contribution in [2.45, 2.75) is 276 Å². The van der Waals surface area contributed by atoms with Crippen molar-refractivity contribution >= 4 is 5.91 Å². The third-order valence-electron chi connectivity index (χ3n) is 11.6. The molecule has 0 spiro atoms. The van der Waals surface area contributed by atoms with Crippen LogP contribution >= 0.6 is 0 Å². The maximum Gasteiger partial charge on any atom is 0.220 e. The molecule has 0 aromatic rings. The van der Waals surface area contributed by atoms with Gasteiger partial charge in [0.2, 0.25) is 5.91 Å². The lowest BCUT2D eigenvalue weighted by atomic mass is 10.0. The quantitative estimate of drug-likeness (QED) is 0.0424. The first-order valence-corrected chi connectivity index (χ1v) is 25.4. The van der Waals surface area contributed by atoms with Gasteiger partial charge in [0.15, 0.2) is 0 Å². The second-order valence-corrected chi connectivity index (χ2v) is 17.2. The summed E-state index contributed by atoms with van der Waals surface area (Å²) in [5.41, 5.74) is 0. The molecular weight excluding hydrogens is 699 g/mol. The first-order chi connectivity index (χ1) is 28.2. The number of carbonyl (C=O) groups is 1. The van der Waals surface area contributed by atoms with Crippen LogP contribution in [0.2, 0.25) is 0 Å². The van der Waals surface area contributed by atoms with Crippen molar-refractivity contribution in [3.8, 4) is 0 Å². The highest BCUT2D eigenvalue weighted by atomic mass is 16.3. The molecule has 0 saturated carbocycles. The molecule has 0 saturated heterocycles. The van der Waals surface area contributed by atoms with Crippen molar-refractivity contribution in [2.75, 3.05) is 6.61 Å². The minimum atomic E-state index is -0.837. The molecule has 0 aliphatic heterocycles. The third kappa shape index (κ3) is 45.3. The first kappa shape index (κ1) is 55.4. The molecule has 2 atom stereocenters. The molecule has 0 aliphatic rings. The Morgan fingerprint density at radius 2 is 0.719 bits per heavy atom. The highest BCUT2D eigenvalue weighted by Crippen LogP contribution is 2.16. The zero-order valence-corrected chi connectivity index (χ0v) is 38.4. The Labute approximate surface area is 356 Å². The second kappa shape index (κ2) is 48.7. The van der Waals surface area contributed by atoms with Crippen molar-refractivity contribution in [2.24, 2.45) is 0 Å². The normalized spacial score (nSPS) is 13.3. The van der Waals surface area contributed by atoms with Crippen molar-refractivity contribution < 1.29 is 15.0 Å². The molecule has 0 aromatic heterocycles. The molecule has 4 nitrogen and oxygen atoms in total. The van der Waals surface area contributed by atoms with Gasteiger partial charge in [-0.2, -0.15) is 0 Å². The largest absolute Gasteiger partial charge is 0.394 e. The van der Waals surface area contributed by atoms with E-state index in [4.69, 9.17) is 0 Å². The summed E-state index contributed by atoms with van der Waals surface area (Å²) in [6.07, 6.45) is 66.8. The van der Waals surface area contributed by atoms with E-state index in [1.165, 1.54) is 205 Å². The topological polar surface area (TPSA) is 69.6 Å². The number of rotatable bonds is 46. The van der Waals surface area contributed by atoms with Crippen LogP contribution in [-0.2, 0) is 4.79 Å². The van der Waals surface area contributed by atoms with Crippen LogP contribution in [0.25, 0.3) is 0 Å². The fourth-order valence-electron chi connectivity index (χ4n) is 7.66. The molecule has 2 unspecified atom stereocenters. The Morgan fingerprint density at radius 1 is 0.421 bits per heavy atom. The summed E-state index contributed by atoms with van der Waals surface area (Å²) in [7, 11) is 0. The zero-order chi connectivity index (χ0) is 41.4.